The second kappa shape index (κ2) is 5.10. The molecule has 0 bridgehead atoms. The standard InChI is InChI=1S/C17H14N2O2S/c20-16-13-4-2-1-3-11(13)9-14(18-16)17(21)19-7-5-15-12(10-19)6-8-22-15/h1-4,6,8-9H,5,7,10H2,(H,18,20). The van der Waals surface area contributed by atoms with Crippen LogP contribution in [0.25, 0.3) is 10.8 Å². The molecule has 110 valence electrons. The Bertz CT molecular complexity index is 926. The fourth-order valence-corrected chi connectivity index (χ4v) is 3.81. The molecule has 0 spiro atoms. The third-order valence-corrected chi connectivity index (χ3v) is 5.10. The van der Waals surface area contributed by atoms with Crippen molar-refractivity contribution in [1.82, 2.24) is 9.88 Å². The van der Waals surface area contributed by atoms with Gasteiger partial charge in [-0.15, -0.1) is 11.3 Å². The number of aromatic nitrogens is 1. The highest BCUT2D eigenvalue weighted by molar-refractivity contribution is 7.10. The van der Waals surface area contributed by atoms with Crippen LogP contribution in [-0.2, 0) is 13.0 Å². The van der Waals surface area contributed by atoms with E-state index in [9.17, 15) is 9.59 Å². The number of rotatable bonds is 1. The second-order valence-corrected chi connectivity index (χ2v) is 6.45. The van der Waals surface area contributed by atoms with Crippen LogP contribution < -0.4 is 5.56 Å². The fourth-order valence-electron chi connectivity index (χ4n) is 2.92. The molecule has 0 saturated carbocycles. The van der Waals surface area contributed by atoms with E-state index in [1.165, 1.54) is 10.4 Å². The van der Waals surface area contributed by atoms with E-state index in [0.717, 1.165) is 11.8 Å². The van der Waals surface area contributed by atoms with E-state index in [0.29, 0.717) is 24.2 Å². The van der Waals surface area contributed by atoms with Gasteiger partial charge in [0.05, 0.1) is 0 Å². The number of nitrogens with zero attached hydrogens (tertiary/aromatic N) is 1. The highest BCUT2D eigenvalue weighted by Crippen LogP contribution is 2.25. The third kappa shape index (κ3) is 2.14. The van der Waals surface area contributed by atoms with Crippen molar-refractivity contribution in [3.63, 3.8) is 0 Å². The maximum absolute atomic E-state index is 12.7. The lowest BCUT2D eigenvalue weighted by atomic mass is 10.1. The Kier molecular flexibility index (Phi) is 3.08. The van der Waals surface area contributed by atoms with Crippen molar-refractivity contribution in [1.29, 1.82) is 0 Å². The summed E-state index contributed by atoms with van der Waals surface area (Å²) in [6, 6.07) is 11.1. The predicted molar refractivity (Wildman–Crippen MR) is 87.3 cm³/mol. The van der Waals surface area contributed by atoms with Gasteiger partial charge in [-0.3, -0.25) is 9.59 Å². The topological polar surface area (TPSA) is 53.2 Å². The zero-order valence-electron chi connectivity index (χ0n) is 11.8. The number of carbonyl (C=O) groups excluding carboxylic acids is 1. The minimum atomic E-state index is -0.213. The Morgan fingerprint density at radius 2 is 2.09 bits per heavy atom. The number of pyridine rings is 1. The van der Waals surface area contributed by atoms with Crippen LogP contribution in [-0.4, -0.2) is 22.3 Å². The molecule has 1 aliphatic rings. The van der Waals surface area contributed by atoms with Crippen LogP contribution in [0, 0.1) is 0 Å². The molecule has 1 N–H and O–H groups in total. The first-order valence-corrected chi connectivity index (χ1v) is 8.07. The molecule has 2 aromatic heterocycles. The number of fused-ring (bicyclic) bond motifs is 2. The first kappa shape index (κ1) is 13.3. The molecule has 22 heavy (non-hydrogen) atoms. The number of benzene rings is 1. The average molecular weight is 310 g/mol. The lowest BCUT2D eigenvalue weighted by Gasteiger charge is -2.26. The molecule has 0 aliphatic carbocycles. The number of H-pyrrole nitrogens is 1. The van der Waals surface area contributed by atoms with Crippen LogP contribution in [0.2, 0.25) is 0 Å². The highest BCUT2D eigenvalue weighted by Gasteiger charge is 2.23. The molecule has 4 rings (SSSR count). The normalized spacial score (nSPS) is 14.1. The van der Waals surface area contributed by atoms with Crippen molar-refractivity contribution in [2.45, 2.75) is 13.0 Å². The Hall–Kier alpha value is -2.40. The van der Waals surface area contributed by atoms with Crippen LogP contribution in [0.15, 0.2) is 46.6 Å². The zero-order valence-corrected chi connectivity index (χ0v) is 12.7. The SMILES string of the molecule is O=C(c1cc2ccccc2c(=O)[nH]1)N1CCc2sccc2C1. The highest BCUT2D eigenvalue weighted by atomic mass is 32.1. The van der Waals surface area contributed by atoms with Crippen molar-refractivity contribution in [2.24, 2.45) is 0 Å². The molecule has 1 aliphatic heterocycles. The quantitative estimate of drug-likeness (QED) is 0.751. The molecule has 0 atom stereocenters. The van der Waals surface area contributed by atoms with Gasteiger partial charge in [-0.1, -0.05) is 18.2 Å². The molecule has 1 amide bonds. The molecular formula is C17H14N2O2S. The van der Waals surface area contributed by atoms with E-state index in [4.69, 9.17) is 0 Å². The van der Waals surface area contributed by atoms with Crippen molar-refractivity contribution < 1.29 is 4.79 Å². The van der Waals surface area contributed by atoms with Gasteiger partial charge in [0.2, 0.25) is 0 Å². The molecule has 0 unspecified atom stereocenters. The first-order chi connectivity index (χ1) is 10.7. The van der Waals surface area contributed by atoms with Crippen LogP contribution in [0.5, 0.6) is 0 Å². The Morgan fingerprint density at radius 1 is 1.23 bits per heavy atom. The van der Waals surface area contributed by atoms with Crippen LogP contribution >= 0.6 is 11.3 Å². The molecule has 5 heteroatoms. The van der Waals surface area contributed by atoms with E-state index >= 15 is 0 Å². The molecule has 3 heterocycles. The molecule has 0 fully saturated rings. The van der Waals surface area contributed by atoms with Crippen molar-refractivity contribution in [3.05, 3.63) is 68.3 Å². The third-order valence-electron chi connectivity index (χ3n) is 4.08. The molecule has 4 nitrogen and oxygen atoms in total. The number of carbonyl (C=O) groups is 1. The molecule has 0 saturated heterocycles. The average Bonchev–Trinajstić information content (AvgIpc) is 3.01. The van der Waals surface area contributed by atoms with Gasteiger partial charge in [0.25, 0.3) is 11.5 Å². The van der Waals surface area contributed by atoms with Crippen LogP contribution in [0.3, 0.4) is 0 Å². The maximum Gasteiger partial charge on any atom is 0.270 e. The van der Waals surface area contributed by atoms with E-state index in [-0.39, 0.29) is 11.5 Å². The summed E-state index contributed by atoms with van der Waals surface area (Å²) >= 11 is 1.74. The summed E-state index contributed by atoms with van der Waals surface area (Å²) in [7, 11) is 0. The minimum Gasteiger partial charge on any atom is -0.333 e. The largest absolute Gasteiger partial charge is 0.333 e. The van der Waals surface area contributed by atoms with Gasteiger partial charge in [0.15, 0.2) is 0 Å². The number of aromatic amines is 1. The summed E-state index contributed by atoms with van der Waals surface area (Å²) in [5, 5.41) is 3.47. The lowest BCUT2D eigenvalue weighted by molar-refractivity contribution is 0.0730. The minimum absolute atomic E-state index is 0.111. The van der Waals surface area contributed by atoms with E-state index in [1.54, 1.807) is 28.4 Å². The van der Waals surface area contributed by atoms with Gasteiger partial charge in [0.1, 0.15) is 5.69 Å². The summed E-state index contributed by atoms with van der Waals surface area (Å²) < 4.78 is 0. The van der Waals surface area contributed by atoms with Gasteiger partial charge in [-0.25, -0.2) is 0 Å². The monoisotopic (exact) mass is 310 g/mol. The first-order valence-electron chi connectivity index (χ1n) is 7.19. The molecule has 3 aromatic rings. The zero-order chi connectivity index (χ0) is 15.1. The molecular weight excluding hydrogens is 296 g/mol. The Balaban J connectivity index is 1.70. The summed E-state index contributed by atoms with van der Waals surface area (Å²) in [5.41, 5.74) is 1.37. The summed E-state index contributed by atoms with van der Waals surface area (Å²) in [4.78, 5) is 30.7. The Morgan fingerprint density at radius 3 is 3.00 bits per heavy atom. The number of thiophene rings is 1. The van der Waals surface area contributed by atoms with Crippen molar-refractivity contribution in [3.8, 4) is 0 Å². The van der Waals surface area contributed by atoms with E-state index in [1.807, 2.05) is 18.2 Å². The van der Waals surface area contributed by atoms with Crippen LogP contribution in [0.1, 0.15) is 20.9 Å². The number of hydrogen-bond donors (Lipinski definition) is 1. The second-order valence-electron chi connectivity index (χ2n) is 5.45. The smallest absolute Gasteiger partial charge is 0.270 e. The predicted octanol–water partition coefficient (Wildman–Crippen LogP) is 2.79. The summed E-state index contributed by atoms with van der Waals surface area (Å²) in [5.74, 6) is -0.111. The molecule has 0 radical (unpaired) electrons. The number of hydrogen-bond acceptors (Lipinski definition) is 3. The Labute approximate surface area is 131 Å². The molecule has 1 aromatic carbocycles. The maximum atomic E-state index is 12.7. The van der Waals surface area contributed by atoms with Crippen molar-refractivity contribution >= 4 is 28.0 Å². The number of amides is 1. The van der Waals surface area contributed by atoms with Gasteiger partial charge in [-0.2, -0.15) is 0 Å². The van der Waals surface area contributed by atoms with Crippen LogP contribution in [0.4, 0.5) is 0 Å². The van der Waals surface area contributed by atoms with E-state index < -0.39 is 0 Å². The summed E-state index contributed by atoms with van der Waals surface area (Å²) in [6.07, 6.45) is 0.885. The van der Waals surface area contributed by atoms with Gasteiger partial charge in [0, 0.05) is 23.4 Å². The summed E-state index contributed by atoms with van der Waals surface area (Å²) in [6.45, 7) is 1.31. The fraction of sp³-hybridized carbons (Fsp3) is 0.176. The van der Waals surface area contributed by atoms with Gasteiger partial charge in [-0.05, 0) is 40.9 Å². The lowest BCUT2D eigenvalue weighted by Crippen LogP contribution is -2.36. The van der Waals surface area contributed by atoms with E-state index in [2.05, 4.69) is 16.4 Å². The van der Waals surface area contributed by atoms with Crippen molar-refractivity contribution in [2.75, 3.05) is 6.54 Å². The number of nitrogens with one attached hydrogen (secondary N) is 1. The van der Waals surface area contributed by atoms with Gasteiger partial charge >= 0.3 is 0 Å². The van der Waals surface area contributed by atoms with Gasteiger partial charge < -0.3 is 9.88 Å².